The van der Waals surface area contributed by atoms with Gasteiger partial charge in [0.2, 0.25) is 0 Å². The number of nitrogens with zero attached hydrogens (tertiary/aromatic N) is 1. The Labute approximate surface area is 228 Å². The van der Waals surface area contributed by atoms with Crippen molar-refractivity contribution in [3.05, 3.63) is 115 Å². The van der Waals surface area contributed by atoms with Crippen molar-refractivity contribution < 1.29 is 0 Å². The highest BCUT2D eigenvalue weighted by molar-refractivity contribution is 7.98. The fraction of sp³-hybridized carbons (Fsp3) is 0.147. The van der Waals surface area contributed by atoms with Gasteiger partial charge in [0.05, 0.1) is 0 Å². The molecule has 0 unspecified atom stereocenters. The van der Waals surface area contributed by atoms with E-state index in [9.17, 15) is 0 Å². The van der Waals surface area contributed by atoms with Crippen molar-refractivity contribution >= 4 is 39.4 Å². The van der Waals surface area contributed by atoms with Gasteiger partial charge in [-0.1, -0.05) is 80.6 Å². The number of rotatable bonds is 8. The maximum absolute atomic E-state index is 4.91. The second-order valence-electron chi connectivity index (χ2n) is 10.1. The van der Waals surface area contributed by atoms with E-state index in [1.54, 1.807) is 0 Å². The van der Waals surface area contributed by atoms with Crippen LogP contribution in [0.15, 0.2) is 114 Å². The second-order valence-corrected chi connectivity index (χ2v) is 11.1. The van der Waals surface area contributed by atoms with E-state index in [-0.39, 0.29) is 0 Å². The van der Waals surface area contributed by atoms with Crippen LogP contribution in [0.1, 0.15) is 19.4 Å². The molecule has 2 heterocycles. The Bertz CT molecular complexity index is 1670. The van der Waals surface area contributed by atoms with Crippen molar-refractivity contribution in [2.45, 2.75) is 24.5 Å². The third kappa shape index (κ3) is 5.05. The van der Waals surface area contributed by atoms with Crippen LogP contribution in [0, 0.1) is 5.92 Å². The van der Waals surface area contributed by atoms with Crippen molar-refractivity contribution in [2.75, 3.05) is 11.9 Å². The van der Waals surface area contributed by atoms with Crippen molar-refractivity contribution in [1.82, 2.24) is 9.97 Å². The Kier molecular flexibility index (Phi) is 6.89. The molecule has 0 amide bonds. The number of hydrogen-bond donors (Lipinski definition) is 2. The number of aromatic amines is 1. The van der Waals surface area contributed by atoms with E-state index in [0.29, 0.717) is 5.92 Å². The molecule has 38 heavy (non-hydrogen) atoms. The molecule has 6 aromatic rings. The fourth-order valence-corrected chi connectivity index (χ4v) is 5.75. The summed E-state index contributed by atoms with van der Waals surface area (Å²) in [4.78, 5) is 9.77. The molecule has 2 N–H and O–H groups in total. The first-order valence-corrected chi connectivity index (χ1v) is 14.1. The predicted molar refractivity (Wildman–Crippen MR) is 164 cm³/mol. The maximum Gasteiger partial charge on any atom is 0.138 e. The molecule has 4 aromatic carbocycles. The summed E-state index contributed by atoms with van der Waals surface area (Å²) in [6.45, 7) is 5.41. The van der Waals surface area contributed by atoms with Crippen LogP contribution in [-0.4, -0.2) is 16.5 Å². The van der Waals surface area contributed by atoms with Gasteiger partial charge in [-0.3, -0.25) is 0 Å². The Morgan fingerprint density at radius 2 is 1.55 bits per heavy atom. The molecule has 0 aliphatic rings. The number of fused-ring (bicyclic) bond motifs is 3. The summed E-state index contributed by atoms with van der Waals surface area (Å²) in [7, 11) is 0. The number of H-pyrrole nitrogens is 1. The van der Waals surface area contributed by atoms with E-state index in [4.69, 9.17) is 4.98 Å². The molecule has 0 saturated carbocycles. The van der Waals surface area contributed by atoms with Gasteiger partial charge in [-0.05, 0) is 59.0 Å². The lowest BCUT2D eigenvalue weighted by Crippen LogP contribution is -2.07. The van der Waals surface area contributed by atoms with Crippen molar-refractivity contribution in [3.63, 3.8) is 0 Å². The summed E-state index contributed by atoms with van der Waals surface area (Å²) < 4.78 is 0. The highest BCUT2D eigenvalue weighted by Crippen LogP contribution is 2.41. The average Bonchev–Trinajstić information content (AvgIpc) is 3.34. The van der Waals surface area contributed by atoms with E-state index in [2.05, 4.69) is 127 Å². The van der Waals surface area contributed by atoms with Gasteiger partial charge < -0.3 is 10.3 Å². The van der Waals surface area contributed by atoms with E-state index in [1.807, 2.05) is 18.0 Å². The standard InChI is InChI=1S/C34H31N3S/c1-23(2)20-35-27-16-14-25(15-17-27)30-21-36-34-33(32(30)26-9-5-3-6-10-26)29-19-24(13-18-31(29)37-34)22-38-28-11-7-4-8-12-28/h3-19,21,23,35H,20,22H2,1-2H3,(H,36,37). The largest absolute Gasteiger partial charge is 0.385 e. The van der Waals surface area contributed by atoms with Gasteiger partial charge in [0.1, 0.15) is 5.65 Å². The summed E-state index contributed by atoms with van der Waals surface area (Å²) >= 11 is 1.87. The van der Waals surface area contributed by atoms with Gasteiger partial charge in [0, 0.05) is 56.5 Å². The summed E-state index contributed by atoms with van der Waals surface area (Å²) in [5.74, 6) is 1.52. The van der Waals surface area contributed by atoms with E-state index in [1.165, 1.54) is 37.9 Å². The van der Waals surface area contributed by atoms with Gasteiger partial charge in [-0.2, -0.15) is 0 Å². The van der Waals surface area contributed by atoms with E-state index >= 15 is 0 Å². The first kappa shape index (κ1) is 24.3. The third-order valence-electron chi connectivity index (χ3n) is 6.81. The Hall–Kier alpha value is -4.02. The second kappa shape index (κ2) is 10.8. The van der Waals surface area contributed by atoms with Crippen LogP contribution >= 0.6 is 11.8 Å². The minimum Gasteiger partial charge on any atom is -0.385 e. The van der Waals surface area contributed by atoms with Crippen molar-refractivity contribution in [1.29, 1.82) is 0 Å². The summed E-state index contributed by atoms with van der Waals surface area (Å²) in [5, 5.41) is 5.92. The maximum atomic E-state index is 4.91. The molecule has 0 aliphatic heterocycles. The van der Waals surface area contributed by atoms with Gasteiger partial charge in [0.25, 0.3) is 0 Å². The lowest BCUT2D eigenvalue weighted by molar-refractivity contribution is 0.689. The van der Waals surface area contributed by atoms with Crippen molar-refractivity contribution in [2.24, 2.45) is 5.92 Å². The molecule has 4 heteroatoms. The number of thioether (sulfide) groups is 1. The molecule has 0 aliphatic carbocycles. The number of aromatic nitrogens is 2. The van der Waals surface area contributed by atoms with Gasteiger partial charge >= 0.3 is 0 Å². The first-order valence-electron chi connectivity index (χ1n) is 13.2. The molecule has 0 fully saturated rings. The molecule has 0 spiro atoms. The predicted octanol–water partition coefficient (Wildman–Crippen LogP) is 9.41. The smallest absolute Gasteiger partial charge is 0.138 e. The SMILES string of the molecule is CC(C)CNc1ccc(-c2cnc3[nH]c4ccc(CSc5ccccc5)cc4c3c2-c2ccccc2)cc1. The lowest BCUT2D eigenvalue weighted by Gasteiger charge is -2.14. The fourth-order valence-electron chi connectivity index (χ4n) is 4.89. The van der Waals surface area contributed by atoms with Crippen LogP contribution in [0.2, 0.25) is 0 Å². The minimum absolute atomic E-state index is 0.601. The molecule has 2 aromatic heterocycles. The third-order valence-corrected chi connectivity index (χ3v) is 7.89. The van der Waals surface area contributed by atoms with Gasteiger partial charge in [-0.15, -0.1) is 11.8 Å². The molecule has 188 valence electrons. The molecule has 0 radical (unpaired) electrons. The zero-order chi connectivity index (χ0) is 25.9. The van der Waals surface area contributed by atoms with Gasteiger partial charge in [-0.25, -0.2) is 4.98 Å². The van der Waals surface area contributed by atoms with Crippen molar-refractivity contribution in [3.8, 4) is 22.3 Å². The molecule has 0 bridgehead atoms. The number of pyridine rings is 1. The zero-order valence-corrected chi connectivity index (χ0v) is 22.6. The lowest BCUT2D eigenvalue weighted by atomic mass is 9.92. The van der Waals surface area contributed by atoms with E-state index < -0.39 is 0 Å². The Balaban J connectivity index is 1.46. The number of anilines is 1. The summed E-state index contributed by atoms with van der Waals surface area (Å²) in [6.07, 6.45) is 2.02. The molecule has 0 saturated heterocycles. The topological polar surface area (TPSA) is 40.7 Å². The monoisotopic (exact) mass is 513 g/mol. The Morgan fingerprint density at radius 1 is 0.816 bits per heavy atom. The number of nitrogens with one attached hydrogen (secondary N) is 2. The van der Waals surface area contributed by atoms with Crippen LogP contribution in [0.4, 0.5) is 5.69 Å². The van der Waals surface area contributed by atoms with Crippen LogP contribution in [0.5, 0.6) is 0 Å². The van der Waals surface area contributed by atoms with Crippen LogP contribution in [-0.2, 0) is 5.75 Å². The van der Waals surface area contributed by atoms with Crippen LogP contribution < -0.4 is 5.32 Å². The molecular weight excluding hydrogens is 482 g/mol. The summed E-state index contributed by atoms with van der Waals surface area (Å²) in [6, 6.07) is 36.8. The molecule has 0 atom stereocenters. The summed E-state index contributed by atoms with van der Waals surface area (Å²) in [5.41, 5.74) is 9.21. The quantitative estimate of drug-likeness (QED) is 0.199. The molecule has 6 rings (SSSR count). The van der Waals surface area contributed by atoms with Gasteiger partial charge in [0.15, 0.2) is 0 Å². The zero-order valence-electron chi connectivity index (χ0n) is 21.7. The molecular formula is C34H31N3S. The normalized spacial score (nSPS) is 11.4. The molecule has 3 nitrogen and oxygen atoms in total. The minimum atomic E-state index is 0.601. The number of hydrogen-bond acceptors (Lipinski definition) is 3. The first-order chi connectivity index (χ1) is 18.7. The highest BCUT2D eigenvalue weighted by Gasteiger charge is 2.17. The van der Waals surface area contributed by atoms with Crippen LogP contribution in [0.25, 0.3) is 44.2 Å². The Morgan fingerprint density at radius 3 is 2.29 bits per heavy atom. The van der Waals surface area contributed by atoms with E-state index in [0.717, 1.165) is 34.7 Å². The highest BCUT2D eigenvalue weighted by atomic mass is 32.2. The number of benzene rings is 4. The average molecular weight is 514 g/mol. The van der Waals surface area contributed by atoms with Crippen LogP contribution in [0.3, 0.4) is 0 Å².